The van der Waals surface area contributed by atoms with E-state index in [9.17, 15) is 17.2 Å². The fourth-order valence-electron chi connectivity index (χ4n) is 3.78. The zero-order chi connectivity index (χ0) is 22.0. The number of nitrogens with zero attached hydrogens (tertiary/aromatic N) is 3. The summed E-state index contributed by atoms with van der Waals surface area (Å²) in [6, 6.07) is 12.3. The number of sulfonamides is 1. The first-order valence-electron chi connectivity index (χ1n) is 9.72. The van der Waals surface area contributed by atoms with Gasteiger partial charge in [-0.25, -0.2) is 22.2 Å². The fourth-order valence-corrected chi connectivity index (χ4v) is 5.46. The van der Waals surface area contributed by atoms with Gasteiger partial charge in [-0.15, -0.1) is 11.3 Å². The quantitative estimate of drug-likeness (QED) is 0.574. The van der Waals surface area contributed by atoms with Crippen LogP contribution in [0.2, 0.25) is 0 Å². The largest absolute Gasteiger partial charge is 0.370 e. The Kier molecular flexibility index (Phi) is 6.22. The molecule has 6 nitrogen and oxygen atoms in total. The lowest BCUT2D eigenvalue weighted by Gasteiger charge is -2.27. The van der Waals surface area contributed by atoms with Crippen LogP contribution < -0.4 is 9.62 Å². The average Bonchev–Trinajstić information content (AvgIpc) is 3.39. The summed E-state index contributed by atoms with van der Waals surface area (Å²) in [6.45, 7) is 2.44. The highest BCUT2D eigenvalue weighted by molar-refractivity contribution is 7.92. The smallest absolute Gasteiger partial charge is 0.268 e. The molecule has 1 fully saturated rings. The van der Waals surface area contributed by atoms with Crippen molar-refractivity contribution in [3.8, 4) is 0 Å². The first-order valence-corrected chi connectivity index (χ1v) is 12.2. The minimum atomic E-state index is -4.43. The zero-order valence-electron chi connectivity index (χ0n) is 16.8. The standard InChI is InChI=1S/C21H22F2N4O2S2/c1-26(16-7-8-27(12-16)11-15-5-3-2-4-6-15)17-9-18(22)21(19(23)10-17)31(28,29)25-20-13-30-14-24-20/h2-6,9-10,13-14,16,25H,7-8,11-12H2,1H3. The molecular formula is C21H22F2N4O2S2. The Morgan fingerprint density at radius 3 is 2.58 bits per heavy atom. The highest BCUT2D eigenvalue weighted by Gasteiger charge is 2.30. The van der Waals surface area contributed by atoms with E-state index in [-0.39, 0.29) is 11.9 Å². The molecule has 0 radical (unpaired) electrons. The highest BCUT2D eigenvalue weighted by Crippen LogP contribution is 2.29. The van der Waals surface area contributed by atoms with Crippen LogP contribution in [0, 0.1) is 11.6 Å². The molecule has 4 rings (SSSR count). The Morgan fingerprint density at radius 1 is 1.23 bits per heavy atom. The number of nitrogens with one attached hydrogen (secondary N) is 1. The number of halogens is 2. The van der Waals surface area contributed by atoms with Gasteiger partial charge in [0.05, 0.1) is 5.51 Å². The maximum Gasteiger partial charge on any atom is 0.268 e. The molecule has 3 aromatic rings. The number of aromatic nitrogens is 1. The lowest BCUT2D eigenvalue weighted by molar-refractivity contribution is 0.326. The van der Waals surface area contributed by atoms with Gasteiger partial charge in [-0.2, -0.15) is 0 Å². The van der Waals surface area contributed by atoms with E-state index in [0.717, 1.165) is 38.2 Å². The van der Waals surface area contributed by atoms with Crippen molar-refractivity contribution in [3.63, 3.8) is 0 Å². The molecule has 2 heterocycles. The molecule has 1 aromatic heterocycles. The third-order valence-electron chi connectivity index (χ3n) is 5.37. The molecule has 10 heteroatoms. The first kappa shape index (κ1) is 21.7. The van der Waals surface area contributed by atoms with Crippen molar-refractivity contribution in [2.75, 3.05) is 29.8 Å². The molecule has 31 heavy (non-hydrogen) atoms. The van der Waals surface area contributed by atoms with Crippen LogP contribution in [-0.2, 0) is 16.6 Å². The topological polar surface area (TPSA) is 65.5 Å². The second kappa shape index (κ2) is 8.89. The van der Waals surface area contributed by atoms with E-state index < -0.39 is 26.6 Å². The Labute approximate surface area is 184 Å². The summed E-state index contributed by atoms with van der Waals surface area (Å²) in [7, 11) is -2.66. The minimum Gasteiger partial charge on any atom is -0.370 e. The van der Waals surface area contributed by atoms with Gasteiger partial charge >= 0.3 is 0 Å². The molecule has 1 unspecified atom stereocenters. The molecule has 2 aromatic carbocycles. The molecule has 0 bridgehead atoms. The minimum absolute atomic E-state index is 0.0226. The summed E-state index contributed by atoms with van der Waals surface area (Å²) >= 11 is 1.17. The Balaban J connectivity index is 1.49. The lowest BCUT2D eigenvalue weighted by atomic mass is 10.2. The number of likely N-dealkylation sites (tertiary alicyclic amines) is 1. The number of hydrogen-bond acceptors (Lipinski definition) is 6. The van der Waals surface area contributed by atoms with Crippen molar-refractivity contribution >= 4 is 32.9 Å². The van der Waals surface area contributed by atoms with Crippen molar-refractivity contribution in [1.29, 1.82) is 0 Å². The molecule has 0 aliphatic carbocycles. The SMILES string of the molecule is CN(c1cc(F)c(S(=O)(=O)Nc2cscn2)c(F)c1)C1CCN(Cc2ccccc2)C1. The van der Waals surface area contributed by atoms with Crippen LogP contribution in [0.25, 0.3) is 0 Å². The second-order valence-electron chi connectivity index (χ2n) is 7.49. The van der Waals surface area contributed by atoms with E-state index in [4.69, 9.17) is 0 Å². The van der Waals surface area contributed by atoms with Gasteiger partial charge in [0.25, 0.3) is 10.0 Å². The maximum atomic E-state index is 14.7. The summed E-state index contributed by atoms with van der Waals surface area (Å²) in [4.78, 5) is 6.89. The van der Waals surface area contributed by atoms with Crippen LogP contribution in [0.3, 0.4) is 0 Å². The number of thiazole rings is 1. The zero-order valence-corrected chi connectivity index (χ0v) is 18.5. The van der Waals surface area contributed by atoms with Crippen LogP contribution in [-0.4, -0.2) is 44.5 Å². The van der Waals surface area contributed by atoms with Gasteiger partial charge in [0, 0.05) is 43.8 Å². The van der Waals surface area contributed by atoms with Gasteiger partial charge in [-0.3, -0.25) is 9.62 Å². The van der Waals surface area contributed by atoms with Crippen molar-refractivity contribution in [1.82, 2.24) is 9.88 Å². The summed E-state index contributed by atoms with van der Waals surface area (Å²) in [5.41, 5.74) is 2.94. The first-order chi connectivity index (χ1) is 14.8. The number of hydrogen-bond donors (Lipinski definition) is 1. The van der Waals surface area contributed by atoms with Crippen molar-refractivity contribution in [3.05, 3.63) is 70.6 Å². The predicted molar refractivity (Wildman–Crippen MR) is 118 cm³/mol. The van der Waals surface area contributed by atoms with E-state index in [1.165, 1.54) is 27.8 Å². The molecular weight excluding hydrogens is 442 g/mol. The molecule has 1 aliphatic rings. The maximum absolute atomic E-state index is 14.7. The average molecular weight is 465 g/mol. The van der Waals surface area contributed by atoms with Gasteiger partial charge in [0.15, 0.2) is 10.7 Å². The van der Waals surface area contributed by atoms with Gasteiger partial charge < -0.3 is 4.90 Å². The molecule has 1 aliphatic heterocycles. The Morgan fingerprint density at radius 2 is 1.94 bits per heavy atom. The predicted octanol–water partition coefficient (Wildman–Crippen LogP) is 3.93. The third kappa shape index (κ3) is 4.86. The van der Waals surface area contributed by atoms with Gasteiger partial charge in [-0.05, 0) is 24.1 Å². The summed E-state index contributed by atoms with van der Waals surface area (Å²) in [5.74, 6) is -2.25. The highest BCUT2D eigenvalue weighted by atomic mass is 32.2. The van der Waals surface area contributed by atoms with Crippen molar-refractivity contribution < 1.29 is 17.2 Å². The summed E-state index contributed by atoms with van der Waals surface area (Å²) in [6.07, 6.45) is 0.845. The Hall–Kier alpha value is -2.56. The fraction of sp³-hybridized carbons (Fsp3) is 0.286. The number of anilines is 2. The second-order valence-corrected chi connectivity index (χ2v) is 9.83. The van der Waals surface area contributed by atoms with Crippen molar-refractivity contribution in [2.45, 2.75) is 23.9 Å². The lowest BCUT2D eigenvalue weighted by Crippen LogP contribution is -2.34. The van der Waals surface area contributed by atoms with Crippen LogP contribution in [0.1, 0.15) is 12.0 Å². The van der Waals surface area contributed by atoms with E-state index in [1.54, 1.807) is 11.9 Å². The molecule has 0 amide bonds. The van der Waals surface area contributed by atoms with Crippen LogP contribution in [0.4, 0.5) is 20.3 Å². The molecule has 1 N–H and O–H groups in total. The normalized spacial score (nSPS) is 17.1. The summed E-state index contributed by atoms with van der Waals surface area (Å²) in [5, 5.41) is 1.44. The van der Waals surface area contributed by atoms with Crippen LogP contribution >= 0.6 is 11.3 Å². The molecule has 164 valence electrons. The van der Waals surface area contributed by atoms with E-state index >= 15 is 0 Å². The number of rotatable bonds is 7. The number of benzene rings is 2. The van der Waals surface area contributed by atoms with Crippen molar-refractivity contribution in [2.24, 2.45) is 0 Å². The van der Waals surface area contributed by atoms with Crippen LogP contribution in [0.5, 0.6) is 0 Å². The van der Waals surface area contributed by atoms with Crippen LogP contribution in [0.15, 0.2) is 58.3 Å². The van der Waals surface area contributed by atoms with Gasteiger partial charge in [-0.1, -0.05) is 30.3 Å². The molecule has 1 saturated heterocycles. The Bertz CT molecular complexity index is 1120. The molecule has 1 atom stereocenters. The van der Waals surface area contributed by atoms with E-state index in [2.05, 4.69) is 26.7 Å². The van der Waals surface area contributed by atoms with E-state index in [1.807, 2.05) is 18.2 Å². The van der Waals surface area contributed by atoms with E-state index in [0.29, 0.717) is 5.69 Å². The summed E-state index contributed by atoms with van der Waals surface area (Å²) < 4.78 is 56.5. The monoisotopic (exact) mass is 464 g/mol. The molecule has 0 spiro atoms. The third-order valence-corrected chi connectivity index (χ3v) is 7.37. The van der Waals surface area contributed by atoms with Gasteiger partial charge in [0.1, 0.15) is 11.6 Å². The molecule has 0 saturated carbocycles. The van der Waals surface area contributed by atoms with Gasteiger partial charge in [0.2, 0.25) is 0 Å². The number of likely N-dealkylation sites (N-methyl/N-ethyl adjacent to an activating group) is 1.